The van der Waals surface area contributed by atoms with Gasteiger partial charge in [0.1, 0.15) is 0 Å². The van der Waals surface area contributed by atoms with E-state index in [1.165, 1.54) is 16.0 Å². The number of hydrogen-bond acceptors (Lipinski definition) is 1. The minimum Gasteiger partial charge on any atom is -0.130 e. The molecule has 0 aliphatic heterocycles. The van der Waals surface area contributed by atoms with Gasteiger partial charge in [-0.3, -0.25) is 0 Å². The highest BCUT2D eigenvalue weighted by Crippen LogP contribution is 2.16. The summed E-state index contributed by atoms with van der Waals surface area (Å²) in [6, 6.07) is 19.4. The van der Waals surface area contributed by atoms with Crippen LogP contribution in [0.15, 0.2) is 59.5 Å². The number of hydrogen-bond donors (Lipinski definition) is 0. The Hall–Kier alpha value is -1.65. The van der Waals surface area contributed by atoms with Crippen LogP contribution in [-0.2, 0) is 6.42 Å². The third kappa shape index (κ3) is 6.18. The van der Waals surface area contributed by atoms with Gasteiger partial charge in [-0.15, -0.1) is 23.6 Å². The second kappa shape index (κ2) is 9.30. The van der Waals surface area contributed by atoms with Crippen LogP contribution in [-0.4, -0.2) is 6.26 Å². The lowest BCUT2D eigenvalue weighted by atomic mass is 10.1. The van der Waals surface area contributed by atoms with Crippen molar-refractivity contribution in [2.75, 3.05) is 6.26 Å². The molecule has 0 nitrogen and oxygen atoms in total. The predicted molar refractivity (Wildman–Crippen MR) is 86.6 cm³/mol. The van der Waals surface area contributed by atoms with E-state index in [4.69, 9.17) is 0 Å². The Bertz CT molecular complexity index is 509. The molecule has 0 heterocycles. The van der Waals surface area contributed by atoms with Gasteiger partial charge in [-0.1, -0.05) is 42.5 Å². The largest absolute Gasteiger partial charge is 0.130 e. The lowest BCUT2D eigenvalue weighted by Gasteiger charge is -2.02. The molecule has 0 aromatic heterocycles. The summed E-state index contributed by atoms with van der Waals surface area (Å²) in [6.45, 7) is 3.64. The van der Waals surface area contributed by atoms with Crippen molar-refractivity contribution in [1.29, 1.82) is 0 Å². The lowest BCUT2D eigenvalue weighted by Crippen LogP contribution is -1.86. The molecule has 0 N–H and O–H groups in total. The topological polar surface area (TPSA) is 0 Å². The highest BCUT2D eigenvalue weighted by Gasteiger charge is 1.95. The zero-order valence-electron chi connectivity index (χ0n) is 11.8. The first kappa shape index (κ1) is 15.4. The summed E-state index contributed by atoms with van der Waals surface area (Å²) < 4.78 is 0. The van der Waals surface area contributed by atoms with Gasteiger partial charge in [-0.25, -0.2) is 0 Å². The Labute approximate surface area is 121 Å². The molecule has 2 rings (SSSR count). The molecule has 0 aliphatic carbocycles. The summed E-state index contributed by atoms with van der Waals surface area (Å²) in [4.78, 5) is 1.33. The fourth-order valence-electron chi connectivity index (χ4n) is 1.57. The minimum atomic E-state index is 1.02. The smallest absolute Gasteiger partial charge is 0.00693 e. The van der Waals surface area contributed by atoms with Gasteiger partial charge in [0.05, 0.1) is 0 Å². The van der Waals surface area contributed by atoms with E-state index in [1.54, 1.807) is 11.8 Å². The first-order valence-electron chi connectivity index (χ1n) is 6.30. The van der Waals surface area contributed by atoms with Gasteiger partial charge in [-0.2, -0.15) is 0 Å². The van der Waals surface area contributed by atoms with Crippen LogP contribution in [0.4, 0.5) is 0 Å². The predicted octanol–water partition coefficient (Wildman–Crippen LogP) is 5.03. The maximum atomic E-state index is 2.68. The van der Waals surface area contributed by atoms with Crippen molar-refractivity contribution < 1.29 is 0 Å². The minimum absolute atomic E-state index is 1.02. The van der Waals surface area contributed by atoms with Crippen LogP contribution in [0.3, 0.4) is 0 Å². The molecule has 0 bridgehead atoms. The highest BCUT2D eigenvalue weighted by molar-refractivity contribution is 7.98. The molecular formula is C18H20S. The molecule has 0 aliphatic rings. The number of benzene rings is 2. The molecule has 2 aromatic rings. The first-order valence-corrected chi connectivity index (χ1v) is 7.53. The fourth-order valence-corrected chi connectivity index (χ4v) is 1.98. The van der Waals surface area contributed by atoms with E-state index in [0.29, 0.717) is 0 Å². The summed E-state index contributed by atoms with van der Waals surface area (Å²) in [7, 11) is 0. The second-order valence-electron chi connectivity index (χ2n) is 4.01. The van der Waals surface area contributed by atoms with Gasteiger partial charge in [-0.05, 0) is 49.8 Å². The van der Waals surface area contributed by atoms with Crippen LogP contribution in [0.1, 0.15) is 25.0 Å². The molecule has 0 fully saturated rings. The quantitative estimate of drug-likeness (QED) is 0.556. The standard InChI is InChI=1S/C14H14S.C4H6/c1-15-14-9-7-13(8-10-14)11-12-5-3-2-4-6-12;1-3-4-2/h2-10H,11H2,1H3;1-2H3. The molecule has 0 saturated carbocycles. The maximum Gasteiger partial charge on any atom is 0.00693 e. The SMILES string of the molecule is CC#CC.CSc1ccc(Cc2ccccc2)cc1. The van der Waals surface area contributed by atoms with Gasteiger partial charge in [0.25, 0.3) is 0 Å². The Balaban J connectivity index is 0.000000399. The zero-order valence-corrected chi connectivity index (χ0v) is 12.6. The molecule has 2 aromatic carbocycles. The molecular weight excluding hydrogens is 248 g/mol. The van der Waals surface area contributed by atoms with Crippen molar-refractivity contribution in [1.82, 2.24) is 0 Å². The summed E-state index contributed by atoms with van der Waals surface area (Å²) in [5.74, 6) is 5.36. The van der Waals surface area contributed by atoms with Gasteiger partial charge in [0.2, 0.25) is 0 Å². The van der Waals surface area contributed by atoms with Crippen molar-refractivity contribution in [3.05, 3.63) is 65.7 Å². The normalized spacial score (nSPS) is 8.79. The Morgan fingerprint density at radius 1 is 0.789 bits per heavy atom. The van der Waals surface area contributed by atoms with Crippen molar-refractivity contribution in [3.63, 3.8) is 0 Å². The Morgan fingerprint density at radius 2 is 1.32 bits per heavy atom. The van der Waals surface area contributed by atoms with Gasteiger partial charge >= 0.3 is 0 Å². The average Bonchev–Trinajstić information content (AvgIpc) is 2.49. The molecule has 98 valence electrons. The lowest BCUT2D eigenvalue weighted by molar-refractivity contribution is 1.18. The van der Waals surface area contributed by atoms with Gasteiger partial charge < -0.3 is 0 Å². The zero-order chi connectivity index (χ0) is 13.9. The first-order chi connectivity index (χ1) is 9.30. The van der Waals surface area contributed by atoms with Crippen molar-refractivity contribution in [2.45, 2.75) is 25.2 Å². The van der Waals surface area contributed by atoms with Crippen LogP contribution in [0.5, 0.6) is 0 Å². The van der Waals surface area contributed by atoms with Crippen molar-refractivity contribution in [2.24, 2.45) is 0 Å². The average molecular weight is 268 g/mol. The maximum absolute atomic E-state index is 2.68. The monoisotopic (exact) mass is 268 g/mol. The van der Waals surface area contributed by atoms with Crippen molar-refractivity contribution in [3.8, 4) is 11.8 Å². The Kier molecular flexibility index (Phi) is 7.54. The molecule has 0 unspecified atom stereocenters. The summed E-state index contributed by atoms with van der Waals surface area (Å²) in [5, 5.41) is 0. The van der Waals surface area contributed by atoms with Crippen LogP contribution in [0, 0.1) is 11.8 Å². The Morgan fingerprint density at radius 3 is 1.79 bits per heavy atom. The molecule has 0 atom stereocenters. The molecule has 0 spiro atoms. The van der Waals surface area contributed by atoms with Crippen LogP contribution in [0.2, 0.25) is 0 Å². The van der Waals surface area contributed by atoms with Gasteiger partial charge in [0, 0.05) is 4.90 Å². The third-order valence-electron chi connectivity index (χ3n) is 2.66. The van der Waals surface area contributed by atoms with Gasteiger partial charge in [0.15, 0.2) is 0 Å². The van der Waals surface area contributed by atoms with E-state index in [-0.39, 0.29) is 0 Å². The van der Waals surface area contributed by atoms with Crippen LogP contribution >= 0.6 is 11.8 Å². The molecule has 0 radical (unpaired) electrons. The van der Waals surface area contributed by atoms with E-state index in [2.05, 4.69) is 72.7 Å². The second-order valence-corrected chi connectivity index (χ2v) is 4.89. The summed E-state index contributed by atoms with van der Waals surface area (Å²) in [6.07, 6.45) is 3.13. The van der Waals surface area contributed by atoms with E-state index in [9.17, 15) is 0 Å². The van der Waals surface area contributed by atoms with E-state index < -0.39 is 0 Å². The molecule has 1 heteroatoms. The van der Waals surface area contributed by atoms with Crippen LogP contribution < -0.4 is 0 Å². The third-order valence-corrected chi connectivity index (χ3v) is 3.40. The number of thioether (sulfide) groups is 1. The highest BCUT2D eigenvalue weighted by atomic mass is 32.2. The molecule has 0 amide bonds. The fraction of sp³-hybridized carbons (Fsp3) is 0.222. The number of rotatable bonds is 3. The summed E-state index contributed by atoms with van der Waals surface area (Å²) >= 11 is 1.78. The van der Waals surface area contributed by atoms with E-state index in [0.717, 1.165) is 6.42 Å². The van der Waals surface area contributed by atoms with E-state index >= 15 is 0 Å². The molecule has 0 saturated heterocycles. The molecule has 19 heavy (non-hydrogen) atoms. The summed E-state index contributed by atoms with van der Waals surface area (Å²) in [5.41, 5.74) is 2.74. The van der Waals surface area contributed by atoms with E-state index in [1.807, 2.05) is 13.8 Å². The van der Waals surface area contributed by atoms with Crippen LogP contribution in [0.25, 0.3) is 0 Å². The van der Waals surface area contributed by atoms with Crippen molar-refractivity contribution >= 4 is 11.8 Å².